The van der Waals surface area contributed by atoms with Crippen molar-refractivity contribution in [2.45, 2.75) is 52.0 Å². The Morgan fingerprint density at radius 3 is 2.78 bits per heavy atom. The number of ether oxygens (including phenoxy) is 1. The lowest BCUT2D eigenvalue weighted by Crippen LogP contribution is -2.54. The molecule has 4 nitrogen and oxygen atoms in total. The predicted molar refractivity (Wildman–Crippen MR) is 101 cm³/mol. The van der Waals surface area contributed by atoms with Crippen LogP contribution in [0.25, 0.3) is 0 Å². The Balaban J connectivity index is 1.73. The maximum Gasteiger partial charge on any atom is 0.222 e. The molecule has 2 aliphatic rings. The lowest BCUT2D eigenvalue weighted by atomic mass is 9.73. The van der Waals surface area contributed by atoms with Crippen molar-refractivity contribution in [3.05, 3.63) is 29.3 Å². The molecule has 150 valence electrons. The Bertz CT molecular complexity index is 682. The quantitative estimate of drug-likeness (QED) is 0.748. The fraction of sp³-hybridized carbons (Fsp3) is 0.667. The molecule has 1 aromatic rings. The molecule has 1 unspecified atom stereocenters. The third-order valence-corrected chi connectivity index (χ3v) is 6.02. The molecule has 0 bridgehead atoms. The third-order valence-electron chi connectivity index (χ3n) is 6.02. The molecule has 2 fully saturated rings. The van der Waals surface area contributed by atoms with Crippen LogP contribution in [0.3, 0.4) is 0 Å². The molecule has 27 heavy (non-hydrogen) atoms. The molecule has 2 saturated heterocycles. The van der Waals surface area contributed by atoms with E-state index in [0.29, 0.717) is 18.7 Å². The molecule has 1 atom stereocenters. The Morgan fingerprint density at radius 1 is 1.22 bits per heavy atom. The fourth-order valence-electron chi connectivity index (χ4n) is 4.57. The highest BCUT2D eigenvalue weighted by Gasteiger charge is 2.41. The zero-order valence-corrected chi connectivity index (χ0v) is 16.4. The van der Waals surface area contributed by atoms with E-state index in [-0.39, 0.29) is 16.9 Å². The van der Waals surface area contributed by atoms with E-state index < -0.39 is 11.6 Å². The SMILES string of the molecule is CCCCN1CC2(CCCN(Cc3c(OC)ccc(F)c3F)C2)CCC1=O. The van der Waals surface area contributed by atoms with Gasteiger partial charge in [0.25, 0.3) is 0 Å². The van der Waals surface area contributed by atoms with Crippen molar-refractivity contribution >= 4 is 5.91 Å². The minimum atomic E-state index is -0.841. The summed E-state index contributed by atoms with van der Waals surface area (Å²) in [5.41, 5.74) is 0.348. The number of nitrogens with zero attached hydrogens (tertiary/aromatic N) is 2. The lowest BCUT2D eigenvalue weighted by Gasteiger charge is -2.48. The molecule has 0 radical (unpaired) electrons. The second kappa shape index (κ2) is 8.55. The zero-order valence-electron chi connectivity index (χ0n) is 16.4. The average Bonchev–Trinajstić information content (AvgIpc) is 2.67. The second-order valence-corrected chi connectivity index (χ2v) is 8.03. The summed E-state index contributed by atoms with van der Waals surface area (Å²) in [5.74, 6) is -1.02. The van der Waals surface area contributed by atoms with Gasteiger partial charge >= 0.3 is 0 Å². The van der Waals surface area contributed by atoms with Crippen LogP contribution in [-0.2, 0) is 11.3 Å². The Labute approximate surface area is 160 Å². The number of rotatable bonds is 6. The van der Waals surface area contributed by atoms with Crippen molar-refractivity contribution in [1.29, 1.82) is 0 Å². The van der Waals surface area contributed by atoms with E-state index in [0.717, 1.165) is 64.3 Å². The van der Waals surface area contributed by atoms with Gasteiger partial charge in [0.05, 0.1) is 7.11 Å². The molecule has 1 spiro atoms. The van der Waals surface area contributed by atoms with Crippen LogP contribution in [0.15, 0.2) is 12.1 Å². The van der Waals surface area contributed by atoms with Crippen LogP contribution in [0, 0.1) is 17.0 Å². The van der Waals surface area contributed by atoms with Crippen molar-refractivity contribution < 1.29 is 18.3 Å². The number of amides is 1. The van der Waals surface area contributed by atoms with E-state index in [4.69, 9.17) is 4.74 Å². The highest BCUT2D eigenvalue weighted by Crippen LogP contribution is 2.40. The minimum Gasteiger partial charge on any atom is -0.496 e. The van der Waals surface area contributed by atoms with Gasteiger partial charge in [0.1, 0.15) is 5.75 Å². The Morgan fingerprint density at radius 2 is 2.04 bits per heavy atom. The van der Waals surface area contributed by atoms with Gasteiger partial charge in [-0.2, -0.15) is 0 Å². The minimum absolute atomic E-state index is 0.0664. The molecule has 1 aromatic carbocycles. The topological polar surface area (TPSA) is 32.8 Å². The van der Waals surface area contributed by atoms with Gasteiger partial charge in [-0.05, 0) is 44.4 Å². The van der Waals surface area contributed by atoms with Gasteiger partial charge < -0.3 is 9.64 Å². The van der Waals surface area contributed by atoms with Gasteiger partial charge in [0, 0.05) is 43.6 Å². The molecule has 0 N–H and O–H groups in total. The highest BCUT2D eigenvalue weighted by atomic mass is 19.2. The van der Waals surface area contributed by atoms with Crippen LogP contribution < -0.4 is 4.74 Å². The number of hydrogen-bond acceptors (Lipinski definition) is 3. The van der Waals surface area contributed by atoms with Gasteiger partial charge in [-0.15, -0.1) is 0 Å². The maximum atomic E-state index is 14.4. The van der Waals surface area contributed by atoms with Crippen LogP contribution in [-0.4, -0.2) is 49.0 Å². The largest absolute Gasteiger partial charge is 0.496 e. The number of halogens is 2. The zero-order chi connectivity index (χ0) is 19.4. The molecule has 0 saturated carbocycles. The number of piperidine rings is 2. The van der Waals surface area contributed by atoms with Crippen LogP contribution in [0.4, 0.5) is 8.78 Å². The third kappa shape index (κ3) is 4.42. The molecule has 0 aromatic heterocycles. The molecule has 2 heterocycles. The summed E-state index contributed by atoms with van der Waals surface area (Å²) in [6.45, 7) is 5.73. The summed E-state index contributed by atoms with van der Waals surface area (Å²) >= 11 is 0. The molecule has 1 amide bonds. The van der Waals surface area contributed by atoms with Crippen LogP contribution in [0.2, 0.25) is 0 Å². The number of benzene rings is 1. The molecular weight excluding hydrogens is 350 g/mol. The van der Waals surface area contributed by atoms with Crippen LogP contribution >= 0.6 is 0 Å². The van der Waals surface area contributed by atoms with Crippen molar-refractivity contribution in [1.82, 2.24) is 9.80 Å². The number of carbonyl (C=O) groups is 1. The summed E-state index contributed by atoms with van der Waals surface area (Å²) in [6.07, 6.45) is 5.67. The number of carbonyl (C=O) groups excluding carboxylic acids is 1. The first-order valence-corrected chi connectivity index (χ1v) is 9.99. The van der Waals surface area contributed by atoms with E-state index in [9.17, 15) is 13.6 Å². The molecule has 6 heteroatoms. The number of methoxy groups -OCH3 is 1. The maximum absolute atomic E-state index is 14.4. The van der Waals surface area contributed by atoms with E-state index in [1.54, 1.807) is 0 Å². The molecule has 2 aliphatic heterocycles. The van der Waals surface area contributed by atoms with Gasteiger partial charge in [-0.3, -0.25) is 9.69 Å². The van der Waals surface area contributed by atoms with Gasteiger partial charge in [-0.1, -0.05) is 13.3 Å². The molecular formula is C21H30F2N2O2. The van der Waals surface area contributed by atoms with Crippen molar-refractivity contribution in [3.8, 4) is 5.75 Å². The normalized spacial score (nSPS) is 23.9. The number of likely N-dealkylation sites (tertiary alicyclic amines) is 2. The first-order valence-electron chi connectivity index (χ1n) is 9.99. The lowest BCUT2D eigenvalue weighted by molar-refractivity contribution is -0.139. The van der Waals surface area contributed by atoms with Gasteiger partial charge in [0.15, 0.2) is 11.6 Å². The Hall–Kier alpha value is -1.69. The van der Waals surface area contributed by atoms with Crippen LogP contribution in [0.1, 0.15) is 51.0 Å². The summed E-state index contributed by atoms with van der Waals surface area (Å²) in [4.78, 5) is 16.5. The van der Waals surface area contributed by atoms with Crippen molar-refractivity contribution in [2.75, 3.05) is 33.3 Å². The smallest absolute Gasteiger partial charge is 0.222 e. The van der Waals surface area contributed by atoms with Crippen molar-refractivity contribution in [2.24, 2.45) is 5.41 Å². The molecule has 3 rings (SSSR count). The summed E-state index contributed by atoms with van der Waals surface area (Å²) in [5, 5.41) is 0. The van der Waals surface area contributed by atoms with E-state index >= 15 is 0 Å². The standard InChI is InChI=1S/C21H30F2N2O2/c1-3-4-12-25-15-21(10-8-19(25)26)9-5-11-24(14-21)13-16-18(27-2)7-6-17(22)20(16)23/h6-7H,3-5,8-15H2,1-2H3. The van der Waals surface area contributed by atoms with E-state index in [1.165, 1.54) is 13.2 Å². The number of unbranched alkanes of at least 4 members (excludes halogenated alkanes) is 1. The average molecular weight is 380 g/mol. The Kier molecular flexibility index (Phi) is 6.35. The van der Waals surface area contributed by atoms with Crippen molar-refractivity contribution in [3.63, 3.8) is 0 Å². The summed E-state index contributed by atoms with van der Waals surface area (Å²) in [7, 11) is 1.48. The first-order chi connectivity index (χ1) is 13.0. The monoisotopic (exact) mass is 380 g/mol. The first kappa shape index (κ1) is 20.1. The summed E-state index contributed by atoms with van der Waals surface area (Å²) < 4.78 is 33.3. The molecule has 0 aliphatic carbocycles. The van der Waals surface area contributed by atoms with E-state index in [2.05, 4.69) is 11.8 Å². The summed E-state index contributed by atoms with van der Waals surface area (Å²) in [6, 6.07) is 2.59. The van der Waals surface area contributed by atoms with E-state index in [1.807, 2.05) is 4.90 Å². The van der Waals surface area contributed by atoms with Crippen LogP contribution in [0.5, 0.6) is 5.75 Å². The number of hydrogen-bond donors (Lipinski definition) is 0. The highest BCUT2D eigenvalue weighted by molar-refractivity contribution is 5.77. The second-order valence-electron chi connectivity index (χ2n) is 8.03. The van der Waals surface area contributed by atoms with Gasteiger partial charge in [0.2, 0.25) is 5.91 Å². The fourth-order valence-corrected chi connectivity index (χ4v) is 4.57. The van der Waals surface area contributed by atoms with Gasteiger partial charge in [-0.25, -0.2) is 8.78 Å². The predicted octanol–water partition coefficient (Wildman–Crippen LogP) is 3.98.